The fourth-order valence-corrected chi connectivity index (χ4v) is 3.00. The predicted molar refractivity (Wildman–Crippen MR) is 81.6 cm³/mol. The molecule has 1 fully saturated rings. The van der Waals surface area contributed by atoms with Gasteiger partial charge in [0.25, 0.3) is 5.91 Å². The van der Waals surface area contributed by atoms with Crippen molar-refractivity contribution in [2.24, 2.45) is 0 Å². The highest BCUT2D eigenvalue weighted by atomic mass is 32.1. The second-order valence-electron chi connectivity index (χ2n) is 4.18. The van der Waals surface area contributed by atoms with E-state index in [1.165, 1.54) is 23.5 Å². The topological polar surface area (TPSA) is 41.1 Å². The number of thiophene rings is 1. The summed E-state index contributed by atoms with van der Waals surface area (Å²) in [6.45, 7) is 0. The van der Waals surface area contributed by atoms with E-state index in [9.17, 15) is 9.18 Å². The first-order valence-electron chi connectivity index (χ1n) is 5.81. The lowest BCUT2D eigenvalue weighted by Crippen LogP contribution is -2.21. The van der Waals surface area contributed by atoms with E-state index >= 15 is 0 Å². The molecular weight excluding hydrogens is 295 g/mol. The molecule has 6 heteroatoms. The second kappa shape index (κ2) is 5.15. The van der Waals surface area contributed by atoms with Crippen molar-refractivity contribution < 1.29 is 9.18 Å². The van der Waals surface area contributed by atoms with E-state index in [1.54, 1.807) is 12.1 Å². The summed E-state index contributed by atoms with van der Waals surface area (Å²) in [5.41, 5.74) is 1.24. The summed E-state index contributed by atoms with van der Waals surface area (Å²) >= 11 is 6.34. The molecule has 0 bridgehead atoms. The number of benzene rings is 1. The molecule has 1 saturated heterocycles. The number of carbonyl (C=O) groups excluding carboxylic acids is 1. The van der Waals surface area contributed by atoms with E-state index in [-0.39, 0.29) is 11.7 Å². The van der Waals surface area contributed by atoms with Gasteiger partial charge in [-0.05, 0) is 48.1 Å². The van der Waals surface area contributed by atoms with Gasteiger partial charge < -0.3 is 5.32 Å². The Morgan fingerprint density at radius 2 is 2.05 bits per heavy atom. The van der Waals surface area contributed by atoms with Crippen LogP contribution < -0.4 is 10.6 Å². The van der Waals surface area contributed by atoms with E-state index in [0.717, 1.165) is 15.3 Å². The third-order valence-electron chi connectivity index (χ3n) is 2.74. The maximum absolute atomic E-state index is 13.2. The van der Waals surface area contributed by atoms with Crippen molar-refractivity contribution in [3.05, 3.63) is 52.8 Å². The summed E-state index contributed by atoms with van der Waals surface area (Å²) in [7, 11) is 0. The van der Waals surface area contributed by atoms with Crippen LogP contribution in [0, 0.1) is 5.82 Å². The maximum Gasteiger partial charge on any atom is 0.273 e. The van der Waals surface area contributed by atoms with Gasteiger partial charge in [-0.15, -0.1) is 11.3 Å². The normalized spacial score (nSPS) is 16.4. The Morgan fingerprint density at radius 3 is 2.75 bits per heavy atom. The summed E-state index contributed by atoms with van der Waals surface area (Å²) in [4.78, 5) is 13.4. The number of thiocarbonyl (C=S) groups is 1. The average molecular weight is 304 g/mol. The monoisotopic (exact) mass is 304 g/mol. The fourth-order valence-electron chi connectivity index (χ4n) is 1.85. The molecule has 0 spiro atoms. The smallest absolute Gasteiger partial charge is 0.273 e. The molecule has 0 unspecified atom stereocenters. The van der Waals surface area contributed by atoms with Crippen LogP contribution in [0.25, 0.3) is 16.5 Å². The molecule has 1 aliphatic rings. The van der Waals surface area contributed by atoms with Gasteiger partial charge in [0.15, 0.2) is 5.11 Å². The van der Waals surface area contributed by atoms with E-state index < -0.39 is 0 Å². The minimum Gasteiger partial charge on any atom is -0.328 e. The molecule has 2 N–H and O–H groups in total. The van der Waals surface area contributed by atoms with Gasteiger partial charge in [-0.1, -0.05) is 12.1 Å². The first-order chi connectivity index (χ1) is 9.61. The fraction of sp³-hybridized carbons (Fsp3) is 0. The van der Waals surface area contributed by atoms with Crippen LogP contribution in [0.5, 0.6) is 0 Å². The number of halogens is 1. The molecule has 20 heavy (non-hydrogen) atoms. The average Bonchev–Trinajstić information content (AvgIpc) is 2.97. The number of nitrogens with one attached hydrogen (secondary N) is 2. The van der Waals surface area contributed by atoms with Crippen molar-refractivity contribution in [3.63, 3.8) is 0 Å². The zero-order valence-corrected chi connectivity index (χ0v) is 11.8. The van der Waals surface area contributed by atoms with Crippen molar-refractivity contribution in [1.82, 2.24) is 10.6 Å². The van der Waals surface area contributed by atoms with Gasteiger partial charge in [-0.2, -0.15) is 0 Å². The van der Waals surface area contributed by atoms with E-state index in [4.69, 9.17) is 12.2 Å². The van der Waals surface area contributed by atoms with Crippen molar-refractivity contribution in [2.45, 2.75) is 0 Å². The molecule has 1 amide bonds. The quantitative estimate of drug-likeness (QED) is 0.662. The van der Waals surface area contributed by atoms with Gasteiger partial charge in [0.05, 0.1) is 0 Å². The van der Waals surface area contributed by atoms with Crippen LogP contribution in [0.4, 0.5) is 4.39 Å². The van der Waals surface area contributed by atoms with Gasteiger partial charge in [0, 0.05) is 9.75 Å². The second-order valence-corrected chi connectivity index (χ2v) is 5.70. The molecule has 0 saturated carbocycles. The summed E-state index contributed by atoms with van der Waals surface area (Å²) in [5, 5.41) is 5.60. The molecule has 0 radical (unpaired) electrons. The van der Waals surface area contributed by atoms with Crippen molar-refractivity contribution in [3.8, 4) is 10.4 Å². The highest BCUT2D eigenvalue weighted by Gasteiger charge is 2.20. The minimum atomic E-state index is -0.266. The van der Waals surface area contributed by atoms with Gasteiger partial charge in [0.2, 0.25) is 0 Å². The number of amides is 1. The lowest BCUT2D eigenvalue weighted by Gasteiger charge is -1.96. The number of carbonyl (C=O) groups is 1. The third-order valence-corrected chi connectivity index (χ3v) is 4.03. The summed E-state index contributed by atoms with van der Waals surface area (Å²) in [6.07, 6.45) is 1.72. The molecular formula is C14H9FN2OS2. The Kier molecular flexibility index (Phi) is 3.33. The Hall–Kier alpha value is -2.05. The van der Waals surface area contributed by atoms with Crippen molar-refractivity contribution >= 4 is 40.7 Å². The zero-order chi connectivity index (χ0) is 14.1. The zero-order valence-electron chi connectivity index (χ0n) is 10.1. The third kappa shape index (κ3) is 2.61. The van der Waals surface area contributed by atoms with E-state index in [2.05, 4.69) is 10.6 Å². The summed E-state index contributed by atoms with van der Waals surface area (Å²) in [5.74, 6) is -0.506. The number of hydrogen-bond acceptors (Lipinski definition) is 3. The van der Waals surface area contributed by atoms with Gasteiger partial charge in [-0.25, -0.2) is 4.39 Å². The van der Waals surface area contributed by atoms with Crippen LogP contribution >= 0.6 is 23.6 Å². The van der Waals surface area contributed by atoms with Crippen LogP contribution in [-0.4, -0.2) is 11.0 Å². The predicted octanol–water partition coefficient (Wildman–Crippen LogP) is 2.90. The molecule has 0 aliphatic carbocycles. The Morgan fingerprint density at radius 1 is 1.20 bits per heavy atom. The lowest BCUT2D eigenvalue weighted by atomic mass is 10.2. The van der Waals surface area contributed by atoms with Gasteiger partial charge in [-0.3, -0.25) is 10.1 Å². The Bertz CT molecular complexity index is 736. The molecule has 3 nitrogen and oxygen atoms in total. The molecule has 2 heterocycles. The first-order valence-corrected chi connectivity index (χ1v) is 7.04. The van der Waals surface area contributed by atoms with Gasteiger partial charge in [0.1, 0.15) is 11.5 Å². The summed E-state index contributed by atoms with van der Waals surface area (Å²) in [6, 6.07) is 10.2. The van der Waals surface area contributed by atoms with Gasteiger partial charge >= 0.3 is 0 Å². The van der Waals surface area contributed by atoms with Crippen molar-refractivity contribution in [2.75, 3.05) is 0 Å². The summed E-state index contributed by atoms with van der Waals surface area (Å²) < 4.78 is 13.2. The largest absolute Gasteiger partial charge is 0.328 e. The number of hydrogen-bond donors (Lipinski definition) is 2. The first kappa shape index (κ1) is 13.0. The lowest BCUT2D eigenvalue weighted by molar-refractivity contribution is -0.115. The van der Waals surface area contributed by atoms with Crippen molar-refractivity contribution in [1.29, 1.82) is 0 Å². The van der Waals surface area contributed by atoms with E-state index in [1.807, 2.05) is 18.2 Å². The molecule has 2 aromatic rings. The number of rotatable bonds is 2. The highest BCUT2D eigenvalue weighted by Crippen LogP contribution is 2.29. The molecule has 1 aromatic heterocycles. The Labute approximate surface area is 124 Å². The maximum atomic E-state index is 13.2. The molecule has 3 rings (SSSR count). The highest BCUT2D eigenvalue weighted by molar-refractivity contribution is 7.80. The van der Waals surface area contributed by atoms with Crippen LogP contribution in [0.3, 0.4) is 0 Å². The minimum absolute atomic E-state index is 0.240. The molecule has 100 valence electrons. The molecule has 0 atom stereocenters. The Balaban J connectivity index is 1.89. The van der Waals surface area contributed by atoms with E-state index in [0.29, 0.717) is 10.8 Å². The standard InChI is InChI=1S/C14H9FN2OS2/c15-9-3-1-2-8(6-9)12-5-4-10(20-12)7-11-13(18)17-14(19)16-11/h1-7H,(H2,16,17,18,19). The SMILES string of the molecule is O=C1NC(=S)NC1=Cc1ccc(-c2cccc(F)c2)s1. The van der Waals surface area contributed by atoms with Crippen LogP contribution in [0.2, 0.25) is 0 Å². The molecule has 1 aliphatic heterocycles. The van der Waals surface area contributed by atoms with Crippen LogP contribution in [-0.2, 0) is 4.79 Å². The van der Waals surface area contributed by atoms with Crippen LogP contribution in [0.15, 0.2) is 42.1 Å². The van der Waals surface area contributed by atoms with Crippen LogP contribution in [0.1, 0.15) is 4.88 Å². The molecule has 1 aromatic carbocycles.